The molecule has 0 spiro atoms. The third-order valence-corrected chi connectivity index (χ3v) is 4.58. The second kappa shape index (κ2) is 7.34. The van der Waals surface area contributed by atoms with Gasteiger partial charge in [-0.2, -0.15) is 0 Å². The van der Waals surface area contributed by atoms with E-state index in [1.807, 2.05) is 11.9 Å². The van der Waals surface area contributed by atoms with Crippen LogP contribution in [0.1, 0.15) is 10.5 Å². The van der Waals surface area contributed by atoms with Gasteiger partial charge in [0, 0.05) is 38.1 Å². The Balaban J connectivity index is 1.73. The fourth-order valence-electron chi connectivity index (χ4n) is 2.41. The minimum atomic E-state index is -0.0808. The van der Waals surface area contributed by atoms with Crippen LogP contribution in [0.15, 0.2) is 30.5 Å². The van der Waals surface area contributed by atoms with Crippen LogP contribution in [0.25, 0.3) is 0 Å². The van der Waals surface area contributed by atoms with Crippen molar-refractivity contribution in [1.29, 1.82) is 0 Å². The Morgan fingerprint density at radius 3 is 2.58 bits per heavy atom. The molecule has 24 heavy (non-hydrogen) atoms. The number of hydrogen-bond acceptors (Lipinski definition) is 5. The van der Waals surface area contributed by atoms with Gasteiger partial charge in [0.25, 0.3) is 5.91 Å². The predicted octanol–water partition coefficient (Wildman–Crippen LogP) is 2.91. The first-order valence-corrected chi connectivity index (χ1v) is 8.31. The molecule has 1 fully saturated rings. The Hall–Kier alpha value is -1.89. The van der Waals surface area contributed by atoms with Crippen molar-refractivity contribution in [2.45, 2.75) is 0 Å². The molecule has 3 rings (SSSR count). The number of carbonyl (C=O) groups is 1. The molecule has 1 aromatic heterocycles. The first kappa shape index (κ1) is 17.0. The number of halogens is 2. The molecular formula is C16H17Cl2N5O. The number of amides is 1. The molecule has 1 amide bonds. The van der Waals surface area contributed by atoms with Crippen molar-refractivity contribution in [2.75, 3.05) is 38.5 Å². The largest absolute Gasteiger partial charge is 0.335 e. The lowest BCUT2D eigenvalue weighted by molar-refractivity contribution is 0.0658. The highest BCUT2D eigenvalue weighted by atomic mass is 35.5. The average Bonchev–Trinajstić information content (AvgIpc) is 2.58. The lowest BCUT2D eigenvalue weighted by Crippen LogP contribution is -2.47. The summed E-state index contributed by atoms with van der Waals surface area (Å²) in [7, 11) is 2.05. The topological polar surface area (TPSA) is 61.4 Å². The number of nitrogens with zero attached hydrogens (tertiary/aromatic N) is 4. The van der Waals surface area contributed by atoms with Gasteiger partial charge in [-0.3, -0.25) is 4.79 Å². The molecule has 8 heteroatoms. The van der Waals surface area contributed by atoms with Crippen LogP contribution in [-0.4, -0.2) is 58.9 Å². The van der Waals surface area contributed by atoms with Crippen LogP contribution in [0.4, 0.5) is 11.6 Å². The summed E-state index contributed by atoms with van der Waals surface area (Å²) in [5.74, 6) is 0.260. The quantitative estimate of drug-likeness (QED) is 0.905. The number of aromatic nitrogens is 2. The van der Waals surface area contributed by atoms with E-state index >= 15 is 0 Å². The molecule has 0 bridgehead atoms. The highest BCUT2D eigenvalue weighted by molar-refractivity contribution is 6.42. The van der Waals surface area contributed by atoms with Gasteiger partial charge < -0.3 is 15.1 Å². The van der Waals surface area contributed by atoms with E-state index in [0.29, 0.717) is 40.5 Å². The predicted molar refractivity (Wildman–Crippen MR) is 95.2 cm³/mol. The number of anilines is 2. The second-order valence-corrected chi connectivity index (χ2v) is 6.43. The van der Waals surface area contributed by atoms with Gasteiger partial charge in [0.1, 0.15) is 5.69 Å². The monoisotopic (exact) mass is 365 g/mol. The van der Waals surface area contributed by atoms with Crippen molar-refractivity contribution in [1.82, 2.24) is 19.8 Å². The molecule has 2 aromatic rings. The average molecular weight is 366 g/mol. The van der Waals surface area contributed by atoms with E-state index in [1.165, 1.54) is 0 Å². The SMILES string of the molecule is CN1CCN(C(=O)c2ccnc(Nc3ccc(Cl)c(Cl)c3)n2)CC1. The van der Waals surface area contributed by atoms with Crippen molar-refractivity contribution in [3.8, 4) is 0 Å². The van der Waals surface area contributed by atoms with Crippen LogP contribution >= 0.6 is 23.2 Å². The van der Waals surface area contributed by atoms with Crippen LogP contribution in [0, 0.1) is 0 Å². The Bertz CT molecular complexity index is 747. The summed E-state index contributed by atoms with van der Waals surface area (Å²) in [6.07, 6.45) is 1.57. The highest BCUT2D eigenvalue weighted by Crippen LogP contribution is 2.26. The molecule has 0 aliphatic carbocycles. The Kier molecular flexibility index (Phi) is 5.18. The Morgan fingerprint density at radius 1 is 1.12 bits per heavy atom. The number of carbonyl (C=O) groups excluding carboxylic acids is 1. The molecule has 0 unspecified atom stereocenters. The molecule has 2 heterocycles. The minimum absolute atomic E-state index is 0.0808. The number of rotatable bonds is 3. The summed E-state index contributed by atoms with van der Waals surface area (Å²) in [6.45, 7) is 3.14. The Labute approximate surface area is 150 Å². The van der Waals surface area contributed by atoms with E-state index < -0.39 is 0 Å². The van der Waals surface area contributed by atoms with E-state index in [2.05, 4.69) is 20.2 Å². The first-order valence-electron chi connectivity index (χ1n) is 7.56. The number of piperazine rings is 1. The summed E-state index contributed by atoms with van der Waals surface area (Å²) in [6, 6.07) is 6.76. The van der Waals surface area contributed by atoms with E-state index in [0.717, 1.165) is 13.1 Å². The van der Waals surface area contributed by atoms with E-state index in [1.54, 1.807) is 30.5 Å². The zero-order chi connectivity index (χ0) is 17.1. The van der Waals surface area contributed by atoms with Crippen molar-refractivity contribution in [3.63, 3.8) is 0 Å². The molecule has 0 radical (unpaired) electrons. The fourth-order valence-corrected chi connectivity index (χ4v) is 2.71. The molecule has 1 aliphatic heterocycles. The van der Waals surface area contributed by atoms with Gasteiger partial charge in [0.05, 0.1) is 10.0 Å². The molecule has 126 valence electrons. The number of nitrogens with one attached hydrogen (secondary N) is 1. The maximum absolute atomic E-state index is 12.6. The smallest absolute Gasteiger partial charge is 0.272 e. The van der Waals surface area contributed by atoms with E-state index in [4.69, 9.17) is 23.2 Å². The van der Waals surface area contributed by atoms with Gasteiger partial charge in [0.15, 0.2) is 0 Å². The van der Waals surface area contributed by atoms with Crippen molar-refractivity contribution in [3.05, 3.63) is 46.2 Å². The van der Waals surface area contributed by atoms with Gasteiger partial charge >= 0.3 is 0 Å². The number of hydrogen-bond donors (Lipinski definition) is 1. The summed E-state index contributed by atoms with van der Waals surface area (Å²) in [5, 5.41) is 3.94. The van der Waals surface area contributed by atoms with Crippen molar-refractivity contribution >= 4 is 40.7 Å². The molecule has 0 atom stereocenters. The summed E-state index contributed by atoms with van der Waals surface area (Å²) >= 11 is 11.9. The molecule has 1 aliphatic rings. The first-order chi connectivity index (χ1) is 11.5. The number of benzene rings is 1. The van der Waals surface area contributed by atoms with E-state index in [9.17, 15) is 4.79 Å². The Morgan fingerprint density at radius 2 is 1.88 bits per heavy atom. The van der Waals surface area contributed by atoms with Crippen LogP contribution < -0.4 is 5.32 Å². The third kappa shape index (κ3) is 3.95. The maximum Gasteiger partial charge on any atom is 0.272 e. The summed E-state index contributed by atoms with van der Waals surface area (Å²) < 4.78 is 0. The fraction of sp³-hybridized carbons (Fsp3) is 0.312. The van der Waals surface area contributed by atoms with Gasteiger partial charge in [-0.15, -0.1) is 0 Å². The lowest BCUT2D eigenvalue weighted by Gasteiger charge is -2.32. The van der Waals surface area contributed by atoms with Gasteiger partial charge in [-0.05, 0) is 31.3 Å². The summed E-state index contributed by atoms with van der Waals surface area (Å²) in [4.78, 5) is 25.0. The molecule has 1 aromatic carbocycles. The van der Waals surface area contributed by atoms with Gasteiger partial charge in [-0.1, -0.05) is 23.2 Å². The molecular weight excluding hydrogens is 349 g/mol. The minimum Gasteiger partial charge on any atom is -0.335 e. The molecule has 1 N–H and O–H groups in total. The van der Waals surface area contributed by atoms with Crippen LogP contribution in [0.5, 0.6) is 0 Å². The summed E-state index contributed by atoms with van der Waals surface area (Å²) in [5.41, 5.74) is 1.07. The molecule has 0 saturated carbocycles. The second-order valence-electron chi connectivity index (χ2n) is 5.61. The van der Waals surface area contributed by atoms with E-state index in [-0.39, 0.29) is 5.91 Å². The van der Waals surface area contributed by atoms with Crippen LogP contribution in [0.2, 0.25) is 10.0 Å². The van der Waals surface area contributed by atoms with Gasteiger partial charge in [0.2, 0.25) is 5.95 Å². The maximum atomic E-state index is 12.6. The number of likely N-dealkylation sites (N-methyl/N-ethyl adjacent to an activating group) is 1. The van der Waals surface area contributed by atoms with Crippen LogP contribution in [-0.2, 0) is 0 Å². The van der Waals surface area contributed by atoms with Gasteiger partial charge in [-0.25, -0.2) is 9.97 Å². The molecule has 6 nitrogen and oxygen atoms in total. The highest BCUT2D eigenvalue weighted by Gasteiger charge is 2.21. The standard InChI is InChI=1S/C16H17Cl2N5O/c1-22-6-8-23(9-7-22)15(24)14-4-5-19-16(21-14)20-11-2-3-12(17)13(18)10-11/h2-5,10H,6-9H2,1H3,(H,19,20,21). The van der Waals surface area contributed by atoms with Crippen LogP contribution in [0.3, 0.4) is 0 Å². The zero-order valence-electron chi connectivity index (χ0n) is 13.2. The lowest BCUT2D eigenvalue weighted by atomic mass is 10.3. The zero-order valence-corrected chi connectivity index (χ0v) is 14.7. The normalized spacial score (nSPS) is 15.4. The molecule has 1 saturated heterocycles. The third-order valence-electron chi connectivity index (χ3n) is 3.84. The van der Waals surface area contributed by atoms with Crippen molar-refractivity contribution < 1.29 is 4.79 Å². The van der Waals surface area contributed by atoms with Crippen molar-refractivity contribution in [2.24, 2.45) is 0 Å².